The molecule has 0 spiro atoms. The Morgan fingerprint density at radius 1 is 1.36 bits per heavy atom. The minimum Gasteiger partial charge on any atom is -0.379 e. The zero-order valence-corrected chi connectivity index (χ0v) is 19.6. The number of imidazole rings is 1. The summed E-state index contributed by atoms with van der Waals surface area (Å²) in [6, 6.07) is 4.65. The molecule has 1 fully saturated rings. The third kappa shape index (κ3) is 7.34. The number of hydrogen-bond acceptors (Lipinski definition) is 5. The van der Waals surface area contributed by atoms with Gasteiger partial charge in [0, 0.05) is 50.0 Å². The lowest BCUT2D eigenvalue weighted by Crippen LogP contribution is -2.41. The summed E-state index contributed by atoms with van der Waals surface area (Å²) >= 11 is 1.81. The van der Waals surface area contributed by atoms with Gasteiger partial charge in [-0.1, -0.05) is 6.07 Å². The van der Waals surface area contributed by atoms with Crippen molar-refractivity contribution in [1.29, 1.82) is 0 Å². The smallest absolute Gasteiger partial charge is 0.191 e. The Kier molecular flexibility index (Phi) is 10.8. The van der Waals surface area contributed by atoms with Crippen molar-refractivity contribution in [1.82, 2.24) is 25.1 Å². The minimum atomic E-state index is 0. The Hall–Kier alpha value is -1.17. The Morgan fingerprint density at radius 2 is 2.21 bits per heavy atom. The van der Waals surface area contributed by atoms with E-state index in [2.05, 4.69) is 49.5 Å². The molecule has 3 rings (SSSR count). The Balaban J connectivity index is 0.00000280. The van der Waals surface area contributed by atoms with Gasteiger partial charge in [0.05, 0.1) is 32.1 Å². The minimum absolute atomic E-state index is 0. The van der Waals surface area contributed by atoms with Gasteiger partial charge in [-0.2, -0.15) is 0 Å². The average molecular weight is 518 g/mol. The first-order valence-electron chi connectivity index (χ1n) is 9.70. The zero-order chi connectivity index (χ0) is 18.7. The van der Waals surface area contributed by atoms with Gasteiger partial charge in [-0.3, -0.25) is 9.89 Å². The van der Waals surface area contributed by atoms with Crippen molar-refractivity contribution in [3.05, 3.63) is 41.1 Å². The van der Waals surface area contributed by atoms with E-state index in [0.29, 0.717) is 6.04 Å². The number of thiophene rings is 1. The van der Waals surface area contributed by atoms with Crippen LogP contribution in [0.15, 0.2) is 41.2 Å². The molecule has 2 N–H and O–H groups in total. The molecule has 9 heteroatoms. The van der Waals surface area contributed by atoms with Crippen LogP contribution in [0.2, 0.25) is 0 Å². The highest BCUT2D eigenvalue weighted by Crippen LogP contribution is 2.26. The van der Waals surface area contributed by atoms with Crippen molar-refractivity contribution < 1.29 is 4.74 Å². The molecule has 1 saturated heterocycles. The summed E-state index contributed by atoms with van der Waals surface area (Å²) in [6.45, 7) is 9.08. The number of aryl methyl sites for hydroxylation is 1. The van der Waals surface area contributed by atoms with Gasteiger partial charge in [-0.05, 0) is 24.8 Å². The molecule has 1 aliphatic heterocycles. The molecule has 2 aromatic heterocycles. The van der Waals surface area contributed by atoms with E-state index in [-0.39, 0.29) is 24.0 Å². The molecule has 7 nitrogen and oxygen atoms in total. The fourth-order valence-electron chi connectivity index (χ4n) is 3.16. The number of guanidine groups is 1. The lowest BCUT2D eigenvalue weighted by Gasteiger charge is -2.33. The molecule has 28 heavy (non-hydrogen) atoms. The number of morpholine rings is 1. The molecule has 0 aliphatic carbocycles. The third-order valence-corrected chi connectivity index (χ3v) is 5.54. The maximum Gasteiger partial charge on any atom is 0.191 e. The molecular weight excluding hydrogens is 487 g/mol. The molecule has 0 radical (unpaired) electrons. The predicted octanol–water partition coefficient (Wildman–Crippen LogP) is 2.58. The number of rotatable bonds is 9. The number of aromatic nitrogens is 2. The number of nitrogens with zero attached hydrogens (tertiary/aromatic N) is 4. The number of hydrogen-bond donors (Lipinski definition) is 2. The summed E-state index contributed by atoms with van der Waals surface area (Å²) in [5.41, 5.74) is 0. The van der Waals surface area contributed by atoms with Crippen molar-refractivity contribution in [2.45, 2.75) is 25.9 Å². The van der Waals surface area contributed by atoms with Crippen LogP contribution in [-0.2, 0) is 11.3 Å². The van der Waals surface area contributed by atoms with Gasteiger partial charge in [-0.15, -0.1) is 35.3 Å². The van der Waals surface area contributed by atoms with Crippen molar-refractivity contribution in [3.8, 4) is 0 Å². The summed E-state index contributed by atoms with van der Waals surface area (Å²) in [5.74, 6) is 0.887. The van der Waals surface area contributed by atoms with E-state index < -0.39 is 0 Å². The van der Waals surface area contributed by atoms with Crippen molar-refractivity contribution in [2.75, 3.05) is 45.9 Å². The monoisotopic (exact) mass is 518 g/mol. The summed E-state index contributed by atoms with van der Waals surface area (Å²) in [6.07, 6.45) is 6.69. The molecule has 0 bridgehead atoms. The molecule has 0 amide bonds. The van der Waals surface area contributed by atoms with Gasteiger partial charge in [0.15, 0.2) is 5.96 Å². The second-order valence-corrected chi connectivity index (χ2v) is 7.46. The first kappa shape index (κ1) is 23.1. The van der Waals surface area contributed by atoms with Crippen LogP contribution in [0.1, 0.15) is 24.3 Å². The Labute approximate surface area is 188 Å². The predicted molar refractivity (Wildman–Crippen MR) is 126 cm³/mol. The quantitative estimate of drug-likeness (QED) is 0.231. The molecule has 0 saturated carbocycles. The topological polar surface area (TPSA) is 66.7 Å². The molecule has 3 heterocycles. The highest BCUT2D eigenvalue weighted by molar-refractivity contribution is 14.0. The maximum absolute atomic E-state index is 5.52. The van der Waals surface area contributed by atoms with Crippen LogP contribution >= 0.6 is 35.3 Å². The van der Waals surface area contributed by atoms with Gasteiger partial charge in [-0.25, -0.2) is 4.98 Å². The highest BCUT2D eigenvalue weighted by atomic mass is 127. The van der Waals surface area contributed by atoms with Crippen molar-refractivity contribution >= 4 is 41.3 Å². The highest BCUT2D eigenvalue weighted by Gasteiger charge is 2.23. The van der Waals surface area contributed by atoms with Crippen molar-refractivity contribution in [2.24, 2.45) is 4.99 Å². The first-order chi connectivity index (χ1) is 13.4. The molecular formula is C19H31IN6OS. The summed E-state index contributed by atoms with van der Waals surface area (Å²) in [7, 11) is 0. The fraction of sp³-hybridized carbons (Fsp3) is 0.579. The van der Waals surface area contributed by atoms with Gasteiger partial charge in [0.2, 0.25) is 0 Å². The van der Waals surface area contributed by atoms with Crippen LogP contribution in [0.25, 0.3) is 0 Å². The largest absolute Gasteiger partial charge is 0.379 e. The second-order valence-electron chi connectivity index (χ2n) is 6.48. The second kappa shape index (κ2) is 13.1. The molecule has 1 atom stereocenters. The van der Waals surface area contributed by atoms with E-state index in [1.54, 1.807) is 0 Å². The average Bonchev–Trinajstić information content (AvgIpc) is 3.40. The van der Waals surface area contributed by atoms with E-state index in [1.165, 1.54) is 4.88 Å². The standard InChI is InChI=1S/C19H30N6OS.HI/c1-2-21-19(22-6-4-8-24-9-7-20-16-24)23-15-17(18-5-3-14-27-18)25-10-12-26-13-11-25;/h3,5,7,9,14,16-17H,2,4,6,8,10-13,15H2,1H3,(H2,21,22,23);1H. The summed E-state index contributed by atoms with van der Waals surface area (Å²) in [5, 5.41) is 8.96. The summed E-state index contributed by atoms with van der Waals surface area (Å²) in [4.78, 5) is 12.8. The van der Waals surface area contributed by atoms with Crippen LogP contribution in [-0.4, -0.2) is 66.3 Å². The van der Waals surface area contributed by atoms with Crippen molar-refractivity contribution in [3.63, 3.8) is 0 Å². The number of nitrogens with one attached hydrogen (secondary N) is 2. The molecule has 0 aromatic carbocycles. The van der Waals surface area contributed by atoms with E-state index in [9.17, 15) is 0 Å². The maximum atomic E-state index is 5.52. The Morgan fingerprint density at radius 3 is 2.89 bits per heavy atom. The van der Waals surface area contributed by atoms with E-state index in [1.807, 2.05) is 30.1 Å². The molecule has 2 aromatic rings. The van der Waals surface area contributed by atoms with Gasteiger partial charge >= 0.3 is 0 Å². The number of aliphatic imine (C=N–C) groups is 1. The van der Waals surface area contributed by atoms with Crippen LogP contribution in [0.4, 0.5) is 0 Å². The van der Waals surface area contributed by atoms with Crippen LogP contribution in [0, 0.1) is 0 Å². The zero-order valence-electron chi connectivity index (χ0n) is 16.4. The van der Waals surface area contributed by atoms with Gasteiger partial charge < -0.3 is 19.9 Å². The lowest BCUT2D eigenvalue weighted by atomic mass is 10.2. The lowest BCUT2D eigenvalue weighted by molar-refractivity contribution is 0.0186. The number of ether oxygens (including phenoxy) is 1. The van der Waals surface area contributed by atoms with Crippen LogP contribution in [0.3, 0.4) is 0 Å². The van der Waals surface area contributed by atoms with E-state index in [0.717, 1.165) is 64.9 Å². The molecule has 1 aliphatic rings. The Bertz CT molecular complexity index is 658. The van der Waals surface area contributed by atoms with E-state index >= 15 is 0 Å². The first-order valence-corrected chi connectivity index (χ1v) is 10.6. The van der Waals surface area contributed by atoms with Gasteiger partial charge in [0.25, 0.3) is 0 Å². The fourth-order valence-corrected chi connectivity index (χ4v) is 4.01. The SMILES string of the molecule is CCNC(=NCC(c1cccs1)N1CCOCC1)NCCCn1ccnc1.I. The number of halogens is 1. The summed E-state index contributed by atoms with van der Waals surface area (Å²) < 4.78 is 7.62. The third-order valence-electron chi connectivity index (χ3n) is 4.57. The van der Waals surface area contributed by atoms with Crippen LogP contribution in [0.5, 0.6) is 0 Å². The molecule has 1 unspecified atom stereocenters. The normalized spacial score (nSPS) is 16.4. The van der Waals surface area contributed by atoms with Crippen LogP contribution < -0.4 is 10.6 Å². The van der Waals surface area contributed by atoms with E-state index in [4.69, 9.17) is 9.73 Å². The molecule has 156 valence electrons. The van der Waals surface area contributed by atoms with Gasteiger partial charge in [0.1, 0.15) is 0 Å².